The van der Waals surface area contributed by atoms with Gasteiger partial charge in [0.05, 0.1) is 42.7 Å². The smallest absolute Gasteiger partial charge is 0.311 e. The summed E-state index contributed by atoms with van der Waals surface area (Å²) in [6.45, 7) is 34.1. The van der Waals surface area contributed by atoms with Crippen LogP contribution in [0.1, 0.15) is 183 Å². The third-order valence-electron chi connectivity index (χ3n) is 12.1. The zero-order valence-electron chi connectivity index (χ0n) is 46.9. The van der Waals surface area contributed by atoms with Gasteiger partial charge < -0.3 is 29.2 Å². The molecule has 0 bridgehead atoms. The number of carboxylic acids is 1. The summed E-state index contributed by atoms with van der Waals surface area (Å²) in [4.78, 5) is 34.9. The minimum Gasteiger partial charge on any atom is -0.508 e. The Balaban J connectivity index is 0.000000971. The number of aryl methyl sites for hydroxylation is 6. The van der Waals surface area contributed by atoms with Crippen LogP contribution in [0.5, 0.6) is 17.2 Å². The fourth-order valence-corrected chi connectivity index (χ4v) is 9.07. The number of halogens is 4. The molecule has 13 heteroatoms. The van der Waals surface area contributed by atoms with Gasteiger partial charge in [-0.05, 0) is 200 Å². The van der Waals surface area contributed by atoms with Crippen LogP contribution in [-0.2, 0) is 62.4 Å². The highest BCUT2D eigenvalue weighted by Crippen LogP contribution is 2.32. The van der Waals surface area contributed by atoms with Crippen molar-refractivity contribution >= 4 is 77.3 Å². The summed E-state index contributed by atoms with van der Waals surface area (Å²) in [7, 11) is 0. The Morgan fingerprint density at radius 1 is 0.514 bits per heavy atom. The maximum absolute atomic E-state index is 12.2. The summed E-state index contributed by atoms with van der Waals surface area (Å²) in [5.41, 5.74) is 5.47. The standard InChI is InChI=1S/C21H33BrO3.C17H25BrO3.C11H21ClO2.C10H13BrO/c1-7-16-13-19(17(8-2)12-18(16)22)24-11-9-10-21(5,6)20(23)25-14-15(3)4;1-5-12-11-15(13(6-2)10-14(12)18)21-9-7-8-17(3,4)16(19)20;1-9(2)8-14-10(13)11(3,4)6-5-7-12;1-3-7-6-10(12)8(4-2)5-9(7)11/h12-13,15H,7-11,14H2,1-6H3;10-11H,5-9H2,1-4H3,(H,19,20);9H,5-8H2,1-4H3;5-6,12H,3-4H2,1-2H3. The van der Waals surface area contributed by atoms with E-state index in [1.54, 1.807) is 13.8 Å². The number of carboxylic acid groups (broad SMARTS) is 1. The quantitative estimate of drug-likeness (QED) is 0.0459. The lowest BCUT2D eigenvalue weighted by Crippen LogP contribution is -2.28. The van der Waals surface area contributed by atoms with Gasteiger partial charge in [0.15, 0.2) is 0 Å². The molecule has 3 aromatic rings. The van der Waals surface area contributed by atoms with Crippen LogP contribution in [0.3, 0.4) is 0 Å². The Labute approximate surface area is 466 Å². The molecule has 410 valence electrons. The molecule has 0 saturated heterocycles. The van der Waals surface area contributed by atoms with E-state index in [0.29, 0.717) is 56.3 Å². The third-order valence-corrected chi connectivity index (χ3v) is 14.6. The van der Waals surface area contributed by atoms with Crippen LogP contribution in [0.4, 0.5) is 0 Å². The first kappa shape index (κ1) is 69.2. The molecule has 0 saturated carbocycles. The lowest BCUT2D eigenvalue weighted by Gasteiger charge is -2.23. The van der Waals surface area contributed by atoms with E-state index < -0.39 is 22.2 Å². The Bertz CT molecular complexity index is 2050. The number of esters is 2. The lowest BCUT2D eigenvalue weighted by molar-refractivity contribution is -0.156. The van der Waals surface area contributed by atoms with Crippen LogP contribution < -0.4 is 9.47 Å². The molecule has 0 aliphatic rings. The maximum atomic E-state index is 12.2. The second-order valence-corrected chi connectivity index (χ2v) is 23.9. The SMILES string of the molecule is CC(C)COC(=O)C(C)(C)CCCCl.CCc1cc(Br)c(CC)cc1O.CCc1cc(OCCCC(C)(C)C(=O)O)c(CC)cc1Br.CCc1cc(OCCCC(C)(C)C(=O)OCC(C)C)c(CC)cc1Br. The number of aromatic hydroxyl groups is 1. The van der Waals surface area contributed by atoms with E-state index in [1.807, 2.05) is 74.4 Å². The summed E-state index contributed by atoms with van der Waals surface area (Å²) < 4.78 is 25.8. The second-order valence-electron chi connectivity index (χ2n) is 20.9. The van der Waals surface area contributed by atoms with E-state index in [0.717, 1.165) is 107 Å². The summed E-state index contributed by atoms with van der Waals surface area (Å²) in [6, 6.07) is 12.3. The van der Waals surface area contributed by atoms with Crippen LogP contribution in [0.2, 0.25) is 0 Å². The van der Waals surface area contributed by atoms with Gasteiger partial charge in [0.25, 0.3) is 0 Å². The number of hydrogen-bond acceptors (Lipinski definition) is 8. The van der Waals surface area contributed by atoms with E-state index >= 15 is 0 Å². The average Bonchev–Trinajstić information content (AvgIpc) is 3.33. The number of benzene rings is 3. The number of carbonyl (C=O) groups is 3. The number of carbonyl (C=O) groups excluding carboxylic acids is 2. The predicted molar refractivity (Wildman–Crippen MR) is 310 cm³/mol. The molecule has 0 fully saturated rings. The van der Waals surface area contributed by atoms with Crippen molar-refractivity contribution in [2.24, 2.45) is 28.1 Å². The third kappa shape index (κ3) is 26.1. The fourth-order valence-electron chi connectivity index (χ4n) is 6.92. The van der Waals surface area contributed by atoms with Crippen molar-refractivity contribution in [2.45, 2.75) is 188 Å². The molecule has 0 atom stereocenters. The van der Waals surface area contributed by atoms with Crippen molar-refractivity contribution in [2.75, 3.05) is 32.3 Å². The fraction of sp³-hybridized carbons (Fsp3) is 0.644. The first-order valence-electron chi connectivity index (χ1n) is 26.1. The molecule has 72 heavy (non-hydrogen) atoms. The van der Waals surface area contributed by atoms with Gasteiger partial charge in [-0.3, -0.25) is 14.4 Å². The van der Waals surface area contributed by atoms with Gasteiger partial charge in [0.1, 0.15) is 17.2 Å². The van der Waals surface area contributed by atoms with E-state index in [9.17, 15) is 19.5 Å². The van der Waals surface area contributed by atoms with Crippen molar-refractivity contribution in [3.05, 3.63) is 83.2 Å². The van der Waals surface area contributed by atoms with Gasteiger partial charge in [-0.15, -0.1) is 11.6 Å². The van der Waals surface area contributed by atoms with Crippen molar-refractivity contribution < 1.29 is 43.5 Å². The minimum absolute atomic E-state index is 0.115. The minimum atomic E-state index is -0.756. The van der Waals surface area contributed by atoms with E-state index in [4.69, 9.17) is 35.7 Å². The molecule has 3 aromatic carbocycles. The molecular weight excluding hydrogens is 1130 g/mol. The van der Waals surface area contributed by atoms with Crippen LogP contribution in [0.25, 0.3) is 0 Å². The molecule has 0 heterocycles. The normalized spacial score (nSPS) is 11.4. The monoisotopic (exact) mass is 1220 g/mol. The number of alkyl halides is 1. The molecule has 0 aromatic heterocycles. The van der Waals surface area contributed by atoms with Crippen molar-refractivity contribution in [3.8, 4) is 17.2 Å². The van der Waals surface area contributed by atoms with E-state index in [-0.39, 0.29) is 11.9 Å². The topological polar surface area (TPSA) is 129 Å². The Kier molecular flexibility index (Phi) is 34.1. The lowest BCUT2D eigenvalue weighted by atomic mass is 9.88. The molecule has 0 amide bonds. The Morgan fingerprint density at radius 2 is 0.833 bits per heavy atom. The van der Waals surface area contributed by atoms with Crippen molar-refractivity contribution in [3.63, 3.8) is 0 Å². The number of rotatable bonds is 26. The van der Waals surface area contributed by atoms with Gasteiger partial charge in [-0.2, -0.15) is 0 Å². The molecular formula is C59H92Br3ClO9. The number of aliphatic carboxylic acids is 1. The van der Waals surface area contributed by atoms with Crippen molar-refractivity contribution in [1.82, 2.24) is 0 Å². The van der Waals surface area contributed by atoms with E-state index in [1.165, 1.54) is 22.3 Å². The Morgan fingerprint density at radius 3 is 1.15 bits per heavy atom. The molecule has 9 nitrogen and oxygen atoms in total. The van der Waals surface area contributed by atoms with Crippen molar-refractivity contribution in [1.29, 1.82) is 0 Å². The summed E-state index contributed by atoms with van der Waals surface area (Å²) >= 11 is 16.3. The van der Waals surface area contributed by atoms with Crippen LogP contribution in [0.15, 0.2) is 49.8 Å². The predicted octanol–water partition coefficient (Wildman–Crippen LogP) is 17.3. The van der Waals surface area contributed by atoms with Gasteiger partial charge in [-0.25, -0.2) is 0 Å². The molecule has 2 N–H and O–H groups in total. The molecule has 0 unspecified atom stereocenters. The van der Waals surface area contributed by atoms with Crippen LogP contribution in [-0.4, -0.2) is 60.4 Å². The molecule has 0 aliphatic heterocycles. The zero-order valence-corrected chi connectivity index (χ0v) is 52.4. The molecule has 3 rings (SSSR count). The summed E-state index contributed by atoms with van der Waals surface area (Å²) in [6.07, 6.45) is 10.1. The number of ether oxygens (including phenoxy) is 4. The number of hydrogen-bond donors (Lipinski definition) is 2. The highest BCUT2D eigenvalue weighted by Gasteiger charge is 2.30. The number of phenols is 1. The first-order valence-corrected chi connectivity index (χ1v) is 29.0. The van der Waals surface area contributed by atoms with Gasteiger partial charge >= 0.3 is 17.9 Å². The first-order chi connectivity index (χ1) is 33.6. The van der Waals surface area contributed by atoms with Gasteiger partial charge in [-0.1, -0.05) is 117 Å². The van der Waals surface area contributed by atoms with Gasteiger partial charge in [0, 0.05) is 19.3 Å². The maximum Gasteiger partial charge on any atom is 0.311 e. The Hall–Kier alpha value is -2.80. The van der Waals surface area contributed by atoms with Crippen LogP contribution >= 0.6 is 59.4 Å². The summed E-state index contributed by atoms with van der Waals surface area (Å²) in [5, 5.41) is 18.6. The number of phenolic OH excluding ortho intramolecular Hbond substituents is 1. The highest BCUT2D eigenvalue weighted by molar-refractivity contribution is 9.11. The largest absolute Gasteiger partial charge is 0.508 e. The molecule has 0 spiro atoms. The molecule has 0 radical (unpaired) electrons. The average molecular weight is 1220 g/mol. The van der Waals surface area contributed by atoms with E-state index in [2.05, 4.69) is 107 Å². The second kappa shape index (κ2) is 35.5. The zero-order chi connectivity index (χ0) is 55.4. The van der Waals surface area contributed by atoms with Gasteiger partial charge in [0.2, 0.25) is 0 Å². The highest BCUT2D eigenvalue weighted by atomic mass is 79.9. The molecule has 0 aliphatic carbocycles. The summed E-state index contributed by atoms with van der Waals surface area (Å²) in [5.74, 6) is 2.66. The van der Waals surface area contributed by atoms with Crippen LogP contribution in [0, 0.1) is 28.1 Å².